The van der Waals surface area contributed by atoms with Gasteiger partial charge in [-0.05, 0) is 49.2 Å². The molecule has 1 aliphatic heterocycles. The van der Waals surface area contributed by atoms with Crippen LogP contribution in [-0.2, 0) is 0 Å². The van der Waals surface area contributed by atoms with Crippen molar-refractivity contribution in [3.05, 3.63) is 57.6 Å². The van der Waals surface area contributed by atoms with Gasteiger partial charge >= 0.3 is 0 Å². The maximum absolute atomic E-state index is 13.0. The average Bonchev–Trinajstić information content (AvgIpc) is 2.96. The van der Waals surface area contributed by atoms with E-state index in [0.29, 0.717) is 11.4 Å². The molecule has 0 bridgehead atoms. The molecule has 0 fully saturated rings. The third-order valence-corrected chi connectivity index (χ3v) is 4.98. The van der Waals surface area contributed by atoms with Crippen LogP contribution < -0.4 is 10.6 Å². The first-order chi connectivity index (χ1) is 11.1. The van der Waals surface area contributed by atoms with E-state index in [4.69, 9.17) is 0 Å². The zero-order valence-corrected chi connectivity index (χ0v) is 15.0. The highest BCUT2D eigenvalue weighted by Gasteiger charge is 2.14. The molecule has 1 aliphatic rings. The molecule has 3 nitrogen and oxygen atoms in total. The van der Waals surface area contributed by atoms with E-state index >= 15 is 0 Å². The van der Waals surface area contributed by atoms with Crippen LogP contribution in [0.25, 0.3) is 11.1 Å². The maximum Gasteiger partial charge on any atom is 0.261 e. The van der Waals surface area contributed by atoms with Crippen molar-refractivity contribution in [3.8, 4) is 11.1 Å². The fourth-order valence-electron chi connectivity index (χ4n) is 2.62. The number of rotatable bonds is 4. The first-order valence-corrected chi connectivity index (χ1v) is 8.48. The summed E-state index contributed by atoms with van der Waals surface area (Å²) in [6, 6.07) is 8.25. The summed E-state index contributed by atoms with van der Waals surface area (Å²) in [7, 11) is 0. The highest BCUT2D eigenvalue weighted by molar-refractivity contribution is 7.14. The molecule has 0 aliphatic carbocycles. The number of aryl methyl sites for hydroxylation is 1. The minimum Gasteiger partial charge on any atom is -0.348 e. The van der Waals surface area contributed by atoms with Gasteiger partial charge in [0.05, 0.1) is 4.88 Å². The van der Waals surface area contributed by atoms with Crippen LogP contribution in [0.1, 0.15) is 21.0 Å². The predicted molar refractivity (Wildman–Crippen MR) is 99.6 cm³/mol. The Bertz CT molecular complexity index is 740. The van der Waals surface area contributed by atoms with E-state index in [1.54, 1.807) is 12.1 Å². The van der Waals surface area contributed by atoms with Gasteiger partial charge in [0.15, 0.2) is 0 Å². The topological polar surface area (TPSA) is 41.1 Å². The van der Waals surface area contributed by atoms with Gasteiger partial charge in [0.2, 0.25) is 0 Å². The van der Waals surface area contributed by atoms with Crippen LogP contribution in [0.2, 0.25) is 0 Å². The van der Waals surface area contributed by atoms with Crippen LogP contribution in [0.5, 0.6) is 0 Å². The Morgan fingerprint density at radius 2 is 2.08 bits per heavy atom. The number of hydrogen-bond donors (Lipinski definition) is 2. The van der Waals surface area contributed by atoms with Gasteiger partial charge in [-0.1, -0.05) is 23.8 Å². The molecule has 24 heavy (non-hydrogen) atoms. The first-order valence-electron chi connectivity index (χ1n) is 7.66. The summed E-state index contributed by atoms with van der Waals surface area (Å²) >= 11 is 1.47. The van der Waals surface area contributed by atoms with Crippen molar-refractivity contribution in [2.45, 2.75) is 13.3 Å². The second-order valence-electron chi connectivity index (χ2n) is 5.59. The van der Waals surface area contributed by atoms with E-state index in [-0.39, 0.29) is 24.1 Å². The SMILES string of the molecule is Cc1sc(C(=O)NCC2=CCNCC2)cc1-c1ccc(F)cc1.Cl. The molecule has 2 aromatic rings. The van der Waals surface area contributed by atoms with Crippen LogP contribution in [0, 0.1) is 12.7 Å². The van der Waals surface area contributed by atoms with Crippen molar-refractivity contribution in [1.29, 1.82) is 0 Å². The maximum atomic E-state index is 13.0. The quantitative estimate of drug-likeness (QED) is 0.805. The summed E-state index contributed by atoms with van der Waals surface area (Å²) < 4.78 is 13.0. The summed E-state index contributed by atoms with van der Waals surface area (Å²) in [5, 5.41) is 6.24. The van der Waals surface area contributed by atoms with Gasteiger partial charge < -0.3 is 10.6 Å². The number of carbonyl (C=O) groups is 1. The Kier molecular flexibility index (Phi) is 6.54. The second-order valence-corrected chi connectivity index (χ2v) is 6.84. The van der Waals surface area contributed by atoms with E-state index < -0.39 is 0 Å². The summed E-state index contributed by atoms with van der Waals surface area (Å²) in [6.07, 6.45) is 3.11. The molecule has 1 aromatic carbocycles. The molecule has 6 heteroatoms. The van der Waals surface area contributed by atoms with Crippen molar-refractivity contribution in [2.75, 3.05) is 19.6 Å². The predicted octanol–water partition coefficient (Wildman–Crippen LogP) is 3.93. The lowest BCUT2D eigenvalue weighted by Gasteiger charge is -2.14. The van der Waals surface area contributed by atoms with E-state index in [9.17, 15) is 9.18 Å². The van der Waals surface area contributed by atoms with Crippen molar-refractivity contribution in [3.63, 3.8) is 0 Å². The van der Waals surface area contributed by atoms with Crippen LogP contribution >= 0.6 is 23.7 Å². The zero-order valence-electron chi connectivity index (χ0n) is 13.4. The largest absolute Gasteiger partial charge is 0.348 e. The normalized spacial score (nSPS) is 13.8. The molecule has 0 saturated carbocycles. The van der Waals surface area contributed by atoms with Crippen molar-refractivity contribution < 1.29 is 9.18 Å². The number of thiophene rings is 1. The van der Waals surface area contributed by atoms with Gasteiger partial charge in [-0.25, -0.2) is 4.39 Å². The molecule has 0 atom stereocenters. The standard InChI is InChI=1S/C18H19FN2OS.ClH/c1-12-16(14-2-4-15(19)5-3-14)10-17(23-12)18(22)21-11-13-6-8-20-9-7-13;/h2-6,10,20H,7-9,11H2,1H3,(H,21,22);1H. The number of amides is 1. The minimum absolute atomic E-state index is 0. The molecule has 128 valence electrons. The van der Waals surface area contributed by atoms with E-state index in [1.165, 1.54) is 29.0 Å². The summed E-state index contributed by atoms with van der Waals surface area (Å²) in [6.45, 7) is 4.42. The minimum atomic E-state index is -0.255. The Balaban J connectivity index is 0.00000208. The van der Waals surface area contributed by atoms with Crippen LogP contribution in [0.15, 0.2) is 42.0 Å². The molecule has 0 spiro atoms. The first kappa shape index (κ1) is 18.6. The molecular weight excluding hydrogens is 347 g/mol. The molecule has 1 aromatic heterocycles. The van der Waals surface area contributed by atoms with Gasteiger partial charge in [-0.3, -0.25) is 4.79 Å². The average molecular weight is 367 g/mol. The van der Waals surface area contributed by atoms with Crippen molar-refractivity contribution in [1.82, 2.24) is 10.6 Å². The highest BCUT2D eigenvalue weighted by atomic mass is 35.5. The van der Waals surface area contributed by atoms with Crippen LogP contribution in [0.4, 0.5) is 4.39 Å². The van der Waals surface area contributed by atoms with Gasteiger partial charge in [0.25, 0.3) is 5.91 Å². The number of halogens is 2. The molecule has 0 radical (unpaired) electrons. The number of hydrogen-bond acceptors (Lipinski definition) is 3. The van der Waals surface area contributed by atoms with E-state index in [1.807, 2.05) is 13.0 Å². The third-order valence-electron chi connectivity index (χ3n) is 3.93. The lowest BCUT2D eigenvalue weighted by Crippen LogP contribution is -2.29. The van der Waals surface area contributed by atoms with Gasteiger partial charge in [-0.15, -0.1) is 23.7 Å². The Labute approximate surface area is 151 Å². The van der Waals surface area contributed by atoms with Crippen molar-refractivity contribution in [2.24, 2.45) is 0 Å². The zero-order chi connectivity index (χ0) is 16.2. The van der Waals surface area contributed by atoms with Gasteiger partial charge in [0, 0.05) is 18.0 Å². The number of benzene rings is 1. The molecule has 2 N–H and O–H groups in total. The fourth-order valence-corrected chi connectivity index (χ4v) is 3.58. The Hall–Kier alpha value is -1.69. The number of carbonyl (C=O) groups excluding carboxylic acids is 1. The smallest absolute Gasteiger partial charge is 0.261 e. The van der Waals surface area contributed by atoms with E-state index in [2.05, 4.69) is 16.7 Å². The van der Waals surface area contributed by atoms with Gasteiger partial charge in [0.1, 0.15) is 5.82 Å². The third kappa shape index (κ3) is 4.44. The summed E-state index contributed by atoms with van der Waals surface area (Å²) in [4.78, 5) is 14.1. The van der Waals surface area contributed by atoms with Crippen LogP contribution in [-0.4, -0.2) is 25.5 Å². The monoisotopic (exact) mass is 366 g/mol. The summed E-state index contributed by atoms with van der Waals surface area (Å²) in [5.41, 5.74) is 3.19. The molecule has 2 heterocycles. The Morgan fingerprint density at radius 3 is 2.75 bits per heavy atom. The Morgan fingerprint density at radius 1 is 1.33 bits per heavy atom. The fraction of sp³-hybridized carbons (Fsp3) is 0.278. The van der Waals surface area contributed by atoms with Crippen molar-refractivity contribution >= 4 is 29.7 Å². The molecule has 1 amide bonds. The number of nitrogens with one attached hydrogen (secondary N) is 2. The molecule has 3 rings (SSSR count). The lowest BCUT2D eigenvalue weighted by atomic mass is 10.1. The van der Waals surface area contributed by atoms with E-state index in [0.717, 1.165) is 35.5 Å². The molecular formula is C18H20ClFN2OS. The molecule has 0 saturated heterocycles. The molecule has 0 unspecified atom stereocenters. The van der Waals surface area contributed by atoms with Crippen LogP contribution in [0.3, 0.4) is 0 Å². The summed E-state index contributed by atoms with van der Waals surface area (Å²) in [5.74, 6) is -0.305. The second kappa shape index (κ2) is 8.42. The van der Waals surface area contributed by atoms with Gasteiger partial charge in [-0.2, -0.15) is 0 Å². The highest BCUT2D eigenvalue weighted by Crippen LogP contribution is 2.31. The lowest BCUT2D eigenvalue weighted by molar-refractivity contribution is 0.0960.